The molecule has 0 spiro atoms. The summed E-state index contributed by atoms with van der Waals surface area (Å²) in [5.74, 6) is 0.426. The molecule has 0 fully saturated rings. The first-order chi connectivity index (χ1) is 22.7. The quantitative estimate of drug-likeness (QED) is 0.106. The minimum Gasteiger partial charge on any atom is -0.497 e. The Balaban J connectivity index is 1.35. The van der Waals surface area contributed by atoms with E-state index in [2.05, 4.69) is 21.9 Å². The van der Waals surface area contributed by atoms with Crippen LogP contribution >= 0.6 is 0 Å². The predicted octanol–water partition coefficient (Wildman–Crippen LogP) is 7.77. The Morgan fingerprint density at radius 2 is 1.85 bits per heavy atom. The van der Waals surface area contributed by atoms with Gasteiger partial charge in [-0.2, -0.15) is 5.10 Å². The van der Waals surface area contributed by atoms with Crippen LogP contribution < -0.4 is 20.5 Å². The average Bonchev–Trinajstić information content (AvgIpc) is 3.53. The molecule has 0 aliphatic carbocycles. The van der Waals surface area contributed by atoms with Crippen molar-refractivity contribution in [3.05, 3.63) is 82.4 Å². The Labute approximate surface area is 275 Å². The number of carbonyl (C=O) groups is 1. The van der Waals surface area contributed by atoms with Crippen molar-refractivity contribution in [1.29, 1.82) is 0 Å². The molecule has 1 N–H and O–H groups in total. The number of amides is 1. The van der Waals surface area contributed by atoms with Crippen LogP contribution in [-0.2, 0) is 24.8 Å². The topological polar surface area (TPSA) is 81.4 Å². The molecule has 0 unspecified atom stereocenters. The molecule has 0 saturated carbocycles. The molecule has 2 aromatic carbocycles. The van der Waals surface area contributed by atoms with Gasteiger partial charge in [0.2, 0.25) is 5.91 Å². The number of unbranched alkanes of at least 4 members (excludes halogenated alkanes) is 6. The van der Waals surface area contributed by atoms with Gasteiger partial charge >= 0.3 is 0 Å². The van der Waals surface area contributed by atoms with Crippen LogP contribution in [0.1, 0.15) is 74.5 Å². The molecule has 3 heterocycles. The zero-order valence-corrected chi connectivity index (χ0v) is 27.7. The maximum Gasteiger partial charge on any atom is 0.264 e. The Morgan fingerprint density at radius 1 is 1.09 bits per heavy atom. The second kappa shape index (κ2) is 15.4. The number of alkyl halides is 2. The highest BCUT2D eigenvalue weighted by Gasteiger charge is 2.26. The standard InChI is InChI=1S/C37H45F2N5O3/c1-5-6-7-8-9-10-11-12-15-40-35(45)24-43-23-27(22-41-43)29-18-26-14-13-16-44(32(26)21-30(29)36(38)39)34-20-28(47-4)19-33-31(34)17-25(2)37(46)42(33)3/h5,17-23,36H,1,6-16,24H2,2-4H3,(H,40,45). The van der Waals surface area contributed by atoms with Crippen molar-refractivity contribution in [2.75, 3.05) is 25.1 Å². The molecule has 8 nitrogen and oxygen atoms in total. The monoisotopic (exact) mass is 645 g/mol. The third-order valence-corrected chi connectivity index (χ3v) is 9.01. The number of rotatable bonds is 15. The lowest BCUT2D eigenvalue weighted by molar-refractivity contribution is -0.121. The van der Waals surface area contributed by atoms with Crippen molar-refractivity contribution in [3.8, 4) is 16.9 Å². The molecule has 250 valence electrons. The number of methoxy groups -OCH3 is 1. The first kappa shape index (κ1) is 33.9. The number of allylic oxidation sites excluding steroid dienone is 1. The van der Waals surface area contributed by atoms with Gasteiger partial charge in [0.15, 0.2) is 0 Å². The SMILES string of the molecule is C=CCCCCCCCCNC(=O)Cn1cc(-c2cc3c(cc2C(F)F)N(c2cc(OC)cc4c2cc(C)c(=O)n4C)CCC3)cn1. The van der Waals surface area contributed by atoms with E-state index in [-0.39, 0.29) is 23.6 Å². The van der Waals surface area contributed by atoms with Gasteiger partial charge in [0, 0.05) is 66.2 Å². The van der Waals surface area contributed by atoms with Crippen molar-refractivity contribution >= 4 is 28.2 Å². The summed E-state index contributed by atoms with van der Waals surface area (Å²) < 4.78 is 38.1. The first-order valence-corrected chi connectivity index (χ1v) is 16.5. The number of aromatic nitrogens is 3. The number of ether oxygens (including phenoxy) is 1. The van der Waals surface area contributed by atoms with E-state index < -0.39 is 6.43 Å². The molecule has 1 aliphatic heterocycles. The van der Waals surface area contributed by atoms with Crippen LogP contribution in [0.15, 0.2) is 60.2 Å². The fourth-order valence-electron chi connectivity index (χ4n) is 6.49. The van der Waals surface area contributed by atoms with E-state index in [4.69, 9.17) is 4.74 Å². The summed E-state index contributed by atoms with van der Waals surface area (Å²) in [5, 5.41) is 8.12. The highest BCUT2D eigenvalue weighted by atomic mass is 19.3. The highest BCUT2D eigenvalue weighted by molar-refractivity contribution is 5.97. The minimum atomic E-state index is -2.72. The summed E-state index contributed by atoms with van der Waals surface area (Å²) in [5.41, 5.74) is 4.52. The van der Waals surface area contributed by atoms with Gasteiger partial charge in [-0.05, 0) is 68.4 Å². The van der Waals surface area contributed by atoms with Gasteiger partial charge in [-0.3, -0.25) is 14.3 Å². The van der Waals surface area contributed by atoms with Gasteiger partial charge in [-0.25, -0.2) is 8.78 Å². The van der Waals surface area contributed by atoms with Crippen molar-refractivity contribution < 1.29 is 18.3 Å². The number of carbonyl (C=O) groups excluding carboxylic acids is 1. The van der Waals surface area contributed by atoms with Crippen LogP contribution in [0.3, 0.4) is 0 Å². The summed E-state index contributed by atoms with van der Waals surface area (Å²) in [6.07, 6.45) is 11.8. The van der Waals surface area contributed by atoms with E-state index in [9.17, 15) is 18.4 Å². The summed E-state index contributed by atoms with van der Waals surface area (Å²) in [6.45, 7) is 6.78. The molecule has 47 heavy (non-hydrogen) atoms. The molecule has 4 aromatic rings. The lowest BCUT2D eigenvalue weighted by Gasteiger charge is -2.34. The molecule has 1 aliphatic rings. The second-order valence-corrected chi connectivity index (χ2v) is 12.4. The normalized spacial score (nSPS) is 12.9. The Morgan fingerprint density at radius 3 is 2.60 bits per heavy atom. The molecule has 0 bridgehead atoms. The molecule has 2 aromatic heterocycles. The fourth-order valence-corrected chi connectivity index (χ4v) is 6.49. The average molecular weight is 646 g/mol. The second-order valence-electron chi connectivity index (χ2n) is 12.4. The number of fused-ring (bicyclic) bond motifs is 2. The smallest absolute Gasteiger partial charge is 0.264 e. The Hall–Kier alpha value is -4.47. The zero-order valence-electron chi connectivity index (χ0n) is 27.7. The van der Waals surface area contributed by atoms with E-state index in [1.807, 2.05) is 30.3 Å². The molecule has 0 saturated heterocycles. The van der Waals surface area contributed by atoms with E-state index in [0.717, 1.165) is 55.2 Å². The Bertz CT molecular complexity index is 1800. The first-order valence-electron chi connectivity index (χ1n) is 16.5. The van der Waals surface area contributed by atoms with Gasteiger partial charge in [-0.15, -0.1) is 6.58 Å². The van der Waals surface area contributed by atoms with Crippen LogP contribution in [0.5, 0.6) is 5.75 Å². The van der Waals surface area contributed by atoms with Crippen LogP contribution in [-0.4, -0.2) is 40.5 Å². The number of benzene rings is 2. The van der Waals surface area contributed by atoms with Crippen LogP contribution in [0.25, 0.3) is 22.0 Å². The van der Waals surface area contributed by atoms with Gasteiger partial charge in [0.25, 0.3) is 12.0 Å². The molecular formula is C37H45F2N5O3. The lowest BCUT2D eigenvalue weighted by atomic mass is 9.92. The van der Waals surface area contributed by atoms with Crippen molar-refractivity contribution in [1.82, 2.24) is 19.7 Å². The lowest BCUT2D eigenvalue weighted by Crippen LogP contribution is -2.28. The minimum absolute atomic E-state index is 0.0229. The fraction of sp³-hybridized carbons (Fsp3) is 0.432. The maximum atomic E-state index is 14.7. The predicted molar refractivity (Wildman–Crippen MR) is 184 cm³/mol. The number of hydrogen-bond acceptors (Lipinski definition) is 5. The number of pyridine rings is 1. The van der Waals surface area contributed by atoms with Gasteiger partial charge in [0.05, 0.1) is 24.5 Å². The number of nitrogens with zero attached hydrogens (tertiary/aromatic N) is 4. The van der Waals surface area contributed by atoms with Crippen LogP contribution in [0, 0.1) is 6.92 Å². The van der Waals surface area contributed by atoms with Crippen molar-refractivity contribution in [2.24, 2.45) is 7.05 Å². The van der Waals surface area contributed by atoms with Crippen molar-refractivity contribution in [2.45, 2.75) is 77.7 Å². The Kier molecular flexibility index (Phi) is 11.1. The van der Waals surface area contributed by atoms with Gasteiger partial charge < -0.3 is 19.5 Å². The van der Waals surface area contributed by atoms with Crippen LogP contribution in [0.4, 0.5) is 20.2 Å². The van der Waals surface area contributed by atoms with E-state index >= 15 is 0 Å². The molecule has 0 radical (unpaired) electrons. The zero-order chi connectivity index (χ0) is 33.5. The molecule has 10 heteroatoms. The molecular weight excluding hydrogens is 600 g/mol. The van der Waals surface area contributed by atoms with Gasteiger partial charge in [-0.1, -0.05) is 31.8 Å². The third kappa shape index (κ3) is 7.75. The summed E-state index contributed by atoms with van der Waals surface area (Å²) in [7, 11) is 3.30. The number of anilines is 2. The van der Waals surface area contributed by atoms with E-state index in [0.29, 0.717) is 46.7 Å². The third-order valence-electron chi connectivity index (χ3n) is 9.01. The van der Waals surface area contributed by atoms with Crippen LogP contribution in [0.2, 0.25) is 0 Å². The van der Waals surface area contributed by atoms with E-state index in [1.165, 1.54) is 23.9 Å². The highest BCUT2D eigenvalue weighted by Crippen LogP contribution is 2.44. The van der Waals surface area contributed by atoms with Gasteiger partial charge in [0.1, 0.15) is 12.3 Å². The molecule has 5 rings (SSSR count). The van der Waals surface area contributed by atoms with E-state index in [1.54, 1.807) is 44.1 Å². The number of halogens is 2. The summed E-state index contributed by atoms with van der Waals surface area (Å²) in [4.78, 5) is 27.4. The molecule has 1 amide bonds. The largest absolute Gasteiger partial charge is 0.497 e. The number of nitrogens with one attached hydrogen (secondary N) is 1. The maximum absolute atomic E-state index is 14.7. The van der Waals surface area contributed by atoms with Crippen molar-refractivity contribution in [3.63, 3.8) is 0 Å². The number of hydrogen-bond donors (Lipinski definition) is 1. The summed E-state index contributed by atoms with van der Waals surface area (Å²) >= 11 is 0. The molecule has 0 atom stereocenters. The number of aryl methyl sites for hydroxylation is 3. The summed E-state index contributed by atoms with van der Waals surface area (Å²) in [6, 6.07) is 9.01.